The van der Waals surface area contributed by atoms with Gasteiger partial charge in [0, 0.05) is 30.7 Å². The van der Waals surface area contributed by atoms with Gasteiger partial charge in [-0.3, -0.25) is 4.79 Å². The summed E-state index contributed by atoms with van der Waals surface area (Å²) in [7, 11) is 1.68. The summed E-state index contributed by atoms with van der Waals surface area (Å²) in [6, 6.07) is 4.34. The Morgan fingerprint density at radius 3 is 2.73 bits per heavy atom. The average Bonchev–Trinajstić information content (AvgIpc) is 3.51. The second-order valence-electron chi connectivity index (χ2n) is 7.82. The van der Waals surface area contributed by atoms with Gasteiger partial charge >= 0.3 is 6.18 Å². The number of rotatable bonds is 7. The molecule has 12 heteroatoms. The lowest BCUT2D eigenvalue weighted by atomic mass is 10.2. The zero-order valence-electron chi connectivity index (χ0n) is 18.1. The van der Waals surface area contributed by atoms with E-state index >= 15 is 0 Å². The number of hydrogen-bond donors (Lipinski definition) is 1. The van der Waals surface area contributed by atoms with Gasteiger partial charge in [0.05, 0.1) is 18.0 Å². The van der Waals surface area contributed by atoms with Crippen LogP contribution in [0.2, 0.25) is 0 Å². The lowest BCUT2D eigenvalue weighted by Crippen LogP contribution is -2.28. The summed E-state index contributed by atoms with van der Waals surface area (Å²) < 4.78 is 50.0. The van der Waals surface area contributed by atoms with Gasteiger partial charge in [-0.15, -0.1) is 0 Å². The number of halogens is 3. The monoisotopic (exact) mass is 478 g/mol. The van der Waals surface area contributed by atoms with Crippen LogP contribution in [0, 0.1) is 5.92 Å². The quantitative estimate of drug-likeness (QED) is 0.515. The number of anilines is 3. The lowest BCUT2D eigenvalue weighted by molar-refractivity contribution is -0.139. The van der Waals surface area contributed by atoms with Crippen LogP contribution in [0.1, 0.15) is 32.3 Å². The molecule has 174 valence electrons. The van der Waals surface area contributed by atoms with Crippen molar-refractivity contribution in [3.05, 3.63) is 36.2 Å². The Kier molecular flexibility index (Phi) is 6.19. The molecule has 1 amide bonds. The third-order valence-electron chi connectivity index (χ3n) is 4.82. The molecule has 0 saturated heterocycles. The van der Waals surface area contributed by atoms with Crippen LogP contribution in [0.25, 0.3) is 11.5 Å². The fourth-order valence-electron chi connectivity index (χ4n) is 3.10. The minimum Gasteiger partial charge on any atom is -0.489 e. The van der Waals surface area contributed by atoms with E-state index in [1.165, 1.54) is 0 Å². The topological polar surface area (TPSA) is 93.1 Å². The van der Waals surface area contributed by atoms with Gasteiger partial charge in [0.1, 0.15) is 17.0 Å². The highest BCUT2D eigenvalue weighted by atomic mass is 32.1. The summed E-state index contributed by atoms with van der Waals surface area (Å²) >= 11 is 0.947. The van der Waals surface area contributed by atoms with E-state index in [1.54, 1.807) is 44.1 Å². The first-order chi connectivity index (χ1) is 15.6. The van der Waals surface area contributed by atoms with Crippen LogP contribution in [-0.2, 0) is 11.0 Å². The second kappa shape index (κ2) is 8.93. The predicted molar refractivity (Wildman–Crippen MR) is 118 cm³/mol. The van der Waals surface area contributed by atoms with E-state index in [-0.39, 0.29) is 29.1 Å². The van der Waals surface area contributed by atoms with Crippen LogP contribution in [0.15, 0.2) is 30.6 Å². The molecule has 1 N–H and O–H groups in total. The Balaban J connectivity index is 1.59. The summed E-state index contributed by atoms with van der Waals surface area (Å²) in [5, 5.41) is 3.31. The van der Waals surface area contributed by atoms with Crippen molar-refractivity contribution in [2.45, 2.75) is 39.0 Å². The molecular weight excluding hydrogens is 457 g/mol. The highest BCUT2D eigenvalue weighted by Gasteiger charge is 2.36. The highest BCUT2D eigenvalue weighted by Crippen LogP contribution is 2.38. The Hall–Kier alpha value is -3.28. The summed E-state index contributed by atoms with van der Waals surface area (Å²) in [4.78, 5) is 26.6. The van der Waals surface area contributed by atoms with Crippen molar-refractivity contribution < 1.29 is 22.7 Å². The fourth-order valence-corrected chi connectivity index (χ4v) is 3.68. The minimum absolute atomic E-state index is 0.0107. The van der Waals surface area contributed by atoms with Crippen molar-refractivity contribution >= 4 is 34.1 Å². The van der Waals surface area contributed by atoms with E-state index in [9.17, 15) is 18.0 Å². The first-order valence-electron chi connectivity index (χ1n) is 10.2. The van der Waals surface area contributed by atoms with E-state index in [4.69, 9.17) is 4.74 Å². The molecular formula is C21H21F3N6O2S. The Labute approximate surface area is 192 Å². The third kappa shape index (κ3) is 5.21. The molecule has 1 saturated carbocycles. The van der Waals surface area contributed by atoms with Crippen LogP contribution < -0.4 is 15.0 Å². The van der Waals surface area contributed by atoms with E-state index < -0.39 is 17.8 Å². The van der Waals surface area contributed by atoms with Crippen molar-refractivity contribution in [2.75, 3.05) is 17.3 Å². The molecule has 0 atom stereocenters. The molecule has 3 aromatic rings. The highest BCUT2D eigenvalue weighted by molar-refractivity contribution is 7.09. The summed E-state index contributed by atoms with van der Waals surface area (Å²) in [6.45, 7) is 3.27. The van der Waals surface area contributed by atoms with Gasteiger partial charge in [-0.2, -0.15) is 22.5 Å². The summed E-state index contributed by atoms with van der Waals surface area (Å²) in [6.07, 6.45) is -0.722. The SMILES string of the molecule is CC(C)Oc1cnc(-c2nsc(Nc3ncccc3N(C)C(=O)C3CC3)n2)cc1C(F)(F)F. The van der Waals surface area contributed by atoms with E-state index in [1.807, 2.05) is 0 Å². The zero-order chi connectivity index (χ0) is 23.8. The minimum atomic E-state index is -4.62. The first-order valence-corrected chi connectivity index (χ1v) is 11.0. The van der Waals surface area contributed by atoms with Gasteiger partial charge < -0.3 is 15.0 Å². The van der Waals surface area contributed by atoms with Gasteiger partial charge in [0.15, 0.2) is 11.6 Å². The van der Waals surface area contributed by atoms with E-state index in [0.29, 0.717) is 16.6 Å². The van der Waals surface area contributed by atoms with Crippen molar-refractivity contribution in [3.63, 3.8) is 0 Å². The molecule has 3 heterocycles. The molecule has 3 aromatic heterocycles. The molecule has 0 aromatic carbocycles. The standard InChI is InChI=1S/C21H21F3N6O2S/c1-11(2)32-16-10-26-14(9-13(16)21(22,23)24)17-27-20(33-29-17)28-18-15(5-4-8-25-18)30(3)19(31)12-6-7-12/h4-5,8-12H,6-7H2,1-3H3,(H,25,27,28,29). The number of nitrogens with zero attached hydrogens (tertiary/aromatic N) is 5. The van der Waals surface area contributed by atoms with Gasteiger partial charge in [0.2, 0.25) is 11.0 Å². The van der Waals surface area contributed by atoms with Crippen LogP contribution in [-0.4, -0.2) is 38.4 Å². The Morgan fingerprint density at radius 2 is 2.06 bits per heavy atom. The van der Waals surface area contributed by atoms with E-state index in [2.05, 4.69) is 24.6 Å². The maximum absolute atomic E-state index is 13.5. The predicted octanol–water partition coefficient (Wildman–Crippen LogP) is 4.92. The number of nitrogens with one attached hydrogen (secondary N) is 1. The maximum atomic E-state index is 13.5. The van der Waals surface area contributed by atoms with Crippen molar-refractivity contribution in [2.24, 2.45) is 5.92 Å². The summed E-state index contributed by atoms with van der Waals surface area (Å²) in [5.41, 5.74) is -0.415. The van der Waals surface area contributed by atoms with E-state index in [0.717, 1.165) is 36.6 Å². The molecule has 0 aliphatic heterocycles. The molecule has 8 nitrogen and oxygen atoms in total. The molecule has 1 aliphatic carbocycles. The molecule has 0 bridgehead atoms. The second-order valence-corrected chi connectivity index (χ2v) is 8.57. The zero-order valence-corrected chi connectivity index (χ0v) is 18.9. The van der Waals surface area contributed by atoms with Crippen molar-refractivity contribution in [1.82, 2.24) is 19.3 Å². The van der Waals surface area contributed by atoms with Crippen molar-refractivity contribution in [3.8, 4) is 17.3 Å². The number of amides is 1. The normalized spacial score (nSPS) is 13.8. The number of carbonyl (C=O) groups is 1. The average molecular weight is 479 g/mol. The largest absolute Gasteiger partial charge is 0.489 e. The lowest BCUT2D eigenvalue weighted by Gasteiger charge is -2.19. The number of aromatic nitrogens is 4. The van der Waals surface area contributed by atoms with Gasteiger partial charge in [-0.25, -0.2) is 9.97 Å². The number of ether oxygens (including phenoxy) is 1. The number of pyridine rings is 2. The Bertz CT molecular complexity index is 1160. The van der Waals surface area contributed by atoms with Gasteiger partial charge in [-0.1, -0.05) is 0 Å². The van der Waals surface area contributed by atoms with Crippen LogP contribution in [0.3, 0.4) is 0 Å². The van der Waals surface area contributed by atoms with Crippen molar-refractivity contribution in [1.29, 1.82) is 0 Å². The van der Waals surface area contributed by atoms with Gasteiger partial charge in [-0.05, 0) is 44.9 Å². The van der Waals surface area contributed by atoms with Gasteiger partial charge in [0.25, 0.3) is 0 Å². The molecule has 0 radical (unpaired) electrons. The molecule has 0 spiro atoms. The molecule has 1 aliphatic rings. The smallest absolute Gasteiger partial charge is 0.420 e. The summed E-state index contributed by atoms with van der Waals surface area (Å²) in [5.74, 6) is 0.117. The maximum Gasteiger partial charge on any atom is 0.420 e. The molecule has 0 unspecified atom stereocenters. The molecule has 1 fully saturated rings. The first kappa shape index (κ1) is 22.9. The van der Waals surface area contributed by atoms with Crippen LogP contribution in [0.4, 0.5) is 29.8 Å². The van der Waals surface area contributed by atoms with Crippen LogP contribution >= 0.6 is 11.5 Å². The molecule has 4 rings (SSSR count). The number of carbonyl (C=O) groups excluding carboxylic acids is 1. The fraction of sp³-hybridized carbons (Fsp3) is 0.381. The number of hydrogen-bond acceptors (Lipinski definition) is 8. The third-order valence-corrected chi connectivity index (χ3v) is 5.45. The Morgan fingerprint density at radius 1 is 1.30 bits per heavy atom. The van der Waals surface area contributed by atoms with Crippen LogP contribution in [0.5, 0.6) is 5.75 Å². The number of alkyl halides is 3. The molecule has 33 heavy (non-hydrogen) atoms.